The normalized spacial score (nSPS) is 14.9. The molecular weight excluding hydrogens is 302 g/mol. The smallest absolute Gasteiger partial charge is 0.180 e. The van der Waals surface area contributed by atoms with Crippen LogP contribution in [0.4, 0.5) is 0 Å². The molecule has 1 aliphatic rings. The highest BCUT2D eigenvalue weighted by Crippen LogP contribution is 2.13. The van der Waals surface area contributed by atoms with Crippen LogP contribution >= 0.6 is 28.7 Å². The molecule has 1 rings (SSSR count). The van der Waals surface area contributed by atoms with Crippen LogP contribution in [0.5, 0.6) is 0 Å². The SMILES string of the molecule is Br.COCCCCCCCC1=NN=C(N)SC1. The van der Waals surface area contributed by atoms with Crippen LogP contribution in [0.15, 0.2) is 10.2 Å². The summed E-state index contributed by atoms with van der Waals surface area (Å²) in [4.78, 5) is 0. The Kier molecular flexibility index (Phi) is 11.0. The monoisotopic (exact) mass is 323 g/mol. The van der Waals surface area contributed by atoms with E-state index in [1.54, 1.807) is 18.9 Å². The summed E-state index contributed by atoms with van der Waals surface area (Å²) in [5.74, 6) is 0.916. The number of ether oxygens (including phenoxy) is 1. The Labute approximate surface area is 118 Å². The molecule has 0 atom stereocenters. The third-order valence-electron chi connectivity index (χ3n) is 2.49. The highest BCUT2D eigenvalue weighted by molar-refractivity contribution is 8.93. The first-order valence-corrected chi connectivity index (χ1v) is 6.82. The zero-order chi connectivity index (χ0) is 11.6. The van der Waals surface area contributed by atoms with Crippen molar-refractivity contribution in [3.63, 3.8) is 0 Å². The van der Waals surface area contributed by atoms with E-state index in [4.69, 9.17) is 10.5 Å². The van der Waals surface area contributed by atoms with Gasteiger partial charge >= 0.3 is 0 Å². The quantitative estimate of drug-likeness (QED) is 0.698. The van der Waals surface area contributed by atoms with Gasteiger partial charge in [-0.15, -0.1) is 22.1 Å². The molecule has 1 heterocycles. The summed E-state index contributed by atoms with van der Waals surface area (Å²) in [6, 6.07) is 0. The highest BCUT2D eigenvalue weighted by Gasteiger charge is 2.06. The van der Waals surface area contributed by atoms with E-state index in [1.165, 1.54) is 37.8 Å². The lowest BCUT2D eigenvalue weighted by Gasteiger charge is -2.08. The molecule has 0 spiro atoms. The van der Waals surface area contributed by atoms with Gasteiger partial charge in [-0.1, -0.05) is 31.0 Å². The van der Waals surface area contributed by atoms with Crippen LogP contribution in [0.1, 0.15) is 38.5 Å². The van der Waals surface area contributed by atoms with Crippen LogP contribution in [0.3, 0.4) is 0 Å². The number of hydrogen-bond donors (Lipinski definition) is 1. The fourth-order valence-electron chi connectivity index (χ4n) is 1.56. The van der Waals surface area contributed by atoms with Crippen molar-refractivity contribution in [3.8, 4) is 0 Å². The molecule has 4 nitrogen and oxygen atoms in total. The van der Waals surface area contributed by atoms with Gasteiger partial charge in [-0.2, -0.15) is 5.10 Å². The van der Waals surface area contributed by atoms with Gasteiger partial charge in [-0.3, -0.25) is 0 Å². The Balaban J connectivity index is 0.00000256. The van der Waals surface area contributed by atoms with Crippen LogP contribution in [0.2, 0.25) is 0 Å². The maximum Gasteiger partial charge on any atom is 0.180 e. The van der Waals surface area contributed by atoms with Crippen molar-refractivity contribution in [2.24, 2.45) is 15.9 Å². The second kappa shape index (κ2) is 11.0. The van der Waals surface area contributed by atoms with Gasteiger partial charge in [0.1, 0.15) is 0 Å². The van der Waals surface area contributed by atoms with Crippen molar-refractivity contribution < 1.29 is 4.74 Å². The lowest BCUT2D eigenvalue weighted by atomic mass is 10.1. The standard InChI is InChI=1S/C11H21N3OS.BrH/c1-15-8-6-4-2-3-5-7-10-9-16-11(12)14-13-10;/h2-9H2,1H3,(H2,12,14);1H. The Morgan fingerprint density at radius 2 is 1.88 bits per heavy atom. The maximum atomic E-state index is 5.51. The van der Waals surface area contributed by atoms with E-state index in [1.807, 2.05) is 0 Å². The van der Waals surface area contributed by atoms with Crippen molar-refractivity contribution in [1.29, 1.82) is 0 Å². The number of halogens is 1. The van der Waals surface area contributed by atoms with Crippen molar-refractivity contribution in [2.45, 2.75) is 38.5 Å². The van der Waals surface area contributed by atoms with Crippen LogP contribution in [-0.2, 0) is 4.74 Å². The molecule has 0 aromatic heterocycles. The molecule has 0 unspecified atom stereocenters. The summed E-state index contributed by atoms with van der Waals surface area (Å²) < 4.78 is 5.01. The summed E-state index contributed by atoms with van der Waals surface area (Å²) in [5.41, 5.74) is 6.69. The third-order valence-corrected chi connectivity index (χ3v) is 3.35. The average molecular weight is 324 g/mol. The molecular formula is C11H22BrN3OS. The van der Waals surface area contributed by atoms with E-state index in [2.05, 4.69) is 10.2 Å². The second-order valence-corrected chi connectivity index (χ2v) is 4.90. The second-order valence-electron chi connectivity index (χ2n) is 3.90. The van der Waals surface area contributed by atoms with E-state index in [9.17, 15) is 0 Å². The Morgan fingerprint density at radius 1 is 1.18 bits per heavy atom. The molecule has 6 heteroatoms. The van der Waals surface area contributed by atoms with E-state index in [0.29, 0.717) is 5.17 Å². The van der Waals surface area contributed by atoms with Crippen LogP contribution in [0.25, 0.3) is 0 Å². The molecule has 0 aliphatic carbocycles. The summed E-state index contributed by atoms with van der Waals surface area (Å²) in [6.07, 6.45) is 7.27. The molecule has 0 bridgehead atoms. The Bertz CT molecular complexity index is 259. The van der Waals surface area contributed by atoms with Gasteiger partial charge in [-0.25, -0.2) is 0 Å². The van der Waals surface area contributed by atoms with E-state index in [-0.39, 0.29) is 17.0 Å². The van der Waals surface area contributed by atoms with Gasteiger partial charge in [0.15, 0.2) is 5.17 Å². The fourth-order valence-corrected chi connectivity index (χ4v) is 2.18. The van der Waals surface area contributed by atoms with E-state index >= 15 is 0 Å². The first-order valence-electron chi connectivity index (χ1n) is 5.83. The van der Waals surface area contributed by atoms with Crippen molar-refractivity contribution >= 4 is 39.6 Å². The molecule has 0 amide bonds. The summed E-state index contributed by atoms with van der Waals surface area (Å²) in [5, 5.41) is 8.56. The van der Waals surface area contributed by atoms with Crippen LogP contribution in [-0.4, -0.2) is 30.3 Å². The van der Waals surface area contributed by atoms with Crippen LogP contribution < -0.4 is 5.73 Å². The first-order chi connectivity index (χ1) is 7.83. The Hall–Kier alpha value is -0.0700. The van der Waals surface area contributed by atoms with Gasteiger partial charge < -0.3 is 10.5 Å². The molecule has 100 valence electrons. The zero-order valence-electron chi connectivity index (χ0n) is 10.4. The minimum absolute atomic E-state index is 0. The van der Waals surface area contributed by atoms with Crippen molar-refractivity contribution in [2.75, 3.05) is 19.5 Å². The lowest BCUT2D eigenvalue weighted by molar-refractivity contribution is 0.192. The third kappa shape index (κ3) is 8.63. The van der Waals surface area contributed by atoms with Gasteiger partial charge in [-0.05, 0) is 19.3 Å². The number of nitrogens with two attached hydrogens (primary N) is 1. The molecule has 0 saturated carbocycles. The van der Waals surface area contributed by atoms with Crippen LogP contribution in [0, 0.1) is 0 Å². The molecule has 2 N–H and O–H groups in total. The van der Waals surface area contributed by atoms with Crippen molar-refractivity contribution in [3.05, 3.63) is 0 Å². The zero-order valence-corrected chi connectivity index (χ0v) is 12.9. The number of unbranched alkanes of at least 4 members (excludes halogenated alkanes) is 4. The molecule has 0 radical (unpaired) electrons. The predicted octanol–water partition coefficient (Wildman–Crippen LogP) is 2.97. The molecule has 0 aromatic carbocycles. The predicted molar refractivity (Wildman–Crippen MR) is 81.4 cm³/mol. The minimum atomic E-state index is 0. The van der Waals surface area contributed by atoms with Crippen molar-refractivity contribution in [1.82, 2.24) is 0 Å². The molecule has 1 aliphatic heterocycles. The summed E-state index contributed by atoms with van der Waals surface area (Å²) in [6.45, 7) is 0.886. The van der Waals surface area contributed by atoms with E-state index in [0.717, 1.165) is 18.8 Å². The minimum Gasteiger partial charge on any atom is -0.385 e. The summed E-state index contributed by atoms with van der Waals surface area (Å²) in [7, 11) is 1.76. The lowest BCUT2D eigenvalue weighted by Crippen LogP contribution is -2.15. The molecule has 0 saturated heterocycles. The number of nitrogens with zero attached hydrogens (tertiary/aromatic N) is 2. The first kappa shape index (κ1) is 16.9. The number of methoxy groups -OCH3 is 1. The van der Waals surface area contributed by atoms with E-state index < -0.39 is 0 Å². The van der Waals surface area contributed by atoms with Gasteiger partial charge in [0.25, 0.3) is 0 Å². The largest absolute Gasteiger partial charge is 0.385 e. The molecule has 0 aromatic rings. The fraction of sp³-hybridized carbons (Fsp3) is 0.818. The van der Waals surface area contributed by atoms with Gasteiger partial charge in [0.05, 0.1) is 5.71 Å². The maximum absolute atomic E-state index is 5.51. The Morgan fingerprint density at radius 3 is 2.53 bits per heavy atom. The number of rotatable bonds is 8. The topological polar surface area (TPSA) is 60.0 Å². The number of amidine groups is 1. The number of hydrogen-bond acceptors (Lipinski definition) is 5. The average Bonchev–Trinajstić information content (AvgIpc) is 2.30. The van der Waals surface area contributed by atoms with Gasteiger partial charge in [0.2, 0.25) is 0 Å². The summed E-state index contributed by atoms with van der Waals surface area (Å²) >= 11 is 1.58. The highest BCUT2D eigenvalue weighted by atomic mass is 79.9. The molecule has 0 fully saturated rings. The number of thioether (sulfide) groups is 1. The van der Waals surface area contributed by atoms with Gasteiger partial charge in [0, 0.05) is 19.5 Å². The molecule has 17 heavy (non-hydrogen) atoms.